The Morgan fingerprint density at radius 3 is 2.48 bits per heavy atom. The average molecular weight is 452 g/mol. The number of amides is 2. The molecule has 0 radical (unpaired) electrons. The summed E-state index contributed by atoms with van der Waals surface area (Å²) in [5.74, 6) is 1.11. The van der Waals surface area contributed by atoms with Crippen molar-refractivity contribution in [1.29, 1.82) is 0 Å². The number of para-hydroxylation sites is 1. The highest BCUT2D eigenvalue weighted by Crippen LogP contribution is 2.37. The molecule has 1 atom stereocenters. The molecule has 0 N–H and O–H groups in total. The van der Waals surface area contributed by atoms with Crippen LogP contribution in [-0.4, -0.2) is 55.2 Å². The van der Waals surface area contributed by atoms with Crippen molar-refractivity contribution in [3.8, 4) is 11.5 Å². The van der Waals surface area contributed by atoms with E-state index in [1.54, 1.807) is 21.3 Å². The first-order chi connectivity index (χ1) is 15.6. The Balaban J connectivity index is 1.91. The number of nitrogens with zero attached hydrogens (tertiary/aromatic N) is 3. The fraction of sp³-hybridized carbons (Fsp3) is 0.423. The monoisotopic (exact) mass is 451 g/mol. The predicted octanol–water partition coefficient (Wildman–Crippen LogP) is 4.28. The first-order valence-corrected chi connectivity index (χ1v) is 11.0. The number of ether oxygens (including phenoxy) is 2. The molecule has 3 rings (SSSR count). The fourth-order valence-corrected chi connectivity index (χ4v) is 3.85. The largest absolute Gasteiger partial charge is 0.497 e. The molecular weight excluding hydrogens is 418 g/mol. The van der Waals surface area contributed by atoms with Gasteiger partial charge < -0.3 is 14.4 Å². The molecule has 1 heterocycles. The van der Waals surface area contributed by atoms with E-state index < -0.39 is 0 Å². The Labute approximate surface area is 196 Å². The standard InChI is InChI=1S/C26H33N3O4/c1-26(2,3)16-24(30)28(4)17-25(31)29-22(20-12-7-8-13-23(20)33-6)15-21(27-29)18-10-9-11-19(14-18)32-5/h7-14,22H,15-17H2,1-6H3/t22-/m0/s1. The molecule has 7 heteroatoms. The minimum atomic E-state index is -0.332. The van der Waals surface area contributed by atoms with Crippen LogP contribution in [-0.2, 0) is 9.59 Å². The zero-order chi connectivity index (χ0) is 24.2. The lowest BCUT2D eigenvalue weighted by Gasteiger charge is -2.27. The molecule has 0 saturated carbocycles. The molecule has 2 aromatic carbocycles. The second kappa shape index (κ2) is 10.1. The summed E-state index contributed by atoms with van der Waals surface area (Å²) in [6, 6.07) is 14.9. The van der Waals surface area contributed by atoms with E-state index in [0.717, 1.165) is 22.6 Å². The number of benzene rings is 2. The number of carbonyl (C=O) groups is 2. The van der Waals surface area contributed by atoms with E-state index in [9.17, 15) is 9.59 Å². The van der Waals surface area contributed by atoms with Gasteiger partial charge in [0.25, 0.3) is 5.91 Å². The Hall–Kier alpha value is -3.35. The van der Waals surface area contributed by atoms with Crippen LogP contribution in [0.25, 0.3) is 0 Å². The number of carbonyl (C=O) groups excluding carboxylic acids is 2. The van der Waals surface area contributed by atoms with Crippen LogP contribution in [0.5, 0.6) is 11.5 Å². The Bertz CT molecular complexity index is 1040. The van der Waals surface area contributed by atoms with E-state index in [-0.39, 0.29) is 29.8 Å². The van der Waals surface area contributed by atoms with Gasteiger partial charge in [-0.15, -0.1) is 0 Å². The first-order valence-electron chi connectivity index (χ1n) is 11.0. The maximum Gasteiger partial charge on any atom is 0.262 e. The summed E-state index contributed by atoms with van der Waals surface area (Å²) in [7, 11) is 4.89. The summed E-state index contributed by atoms with van der Waals surface area (Å²) in [5.41, 5.74) is 2.39. The van der Waals surface area contributed by atoms with Crippen LogP contribution in [0.3, 0.4) is 0 Å². The zero-order valence-corrected chi connectivity index (χ0v) is 20.3. The molecule has 0 aliphatic carbocycles. The van der Waals surface area contributed by atoms with Gasteiger partial charge in [-0.05, 0) is 23.6 Å². The summed E-state index contributed by atoms with van der Waals surface area (Å²) in [6.07, 6.45) is 0.893. The summed E-state index contributed by atoms with van der Waals surface area (Å²) in [4.78, 5) is 27.4. The van der Waals surface area contributed by atoms with Gasteiger partial charge in [0.1, 0.15) is 18.0 Å². The van der Waals surface area contributed by atoms with Crippen LogP contribution >= 0.6 is 0 Å². The van der Waals surface area contributed by atoms with Gasteiger partial charge in [-0.3, -0.25) is 9.59 Å². The van der Waals surface area contributed by atoms with E-state index in [2.05, 4.69) is 0 Å². The van der Waals surface area contributed by atoms with Crippen LogP contribution in [0.2, 0.25) is 0 Å². The van der Waals surface area contributed by atoms with Gasteiger partial charge in [-0.2, -0.15) is 5.10 Å². The topological polar surface area (TPSA) is 71.4 Å². The molecule has 176 valence electrons. The molecule has 2 aromatic rings. The van der Waals surface area contributed by atoms with Gasteiger partial charge in [0.05, 0.1) is 26.0 Å². The third kappa shape index (κ3) is 5.92. The number of hydrogen-bond acceptors (Lipinski definition) is 5. The SMILES string of the molecule is COc1cccc(C2=NN(C(=O)CN(C)C(=O)CC(C)(C)C)[C@H](c3ccccc3OC)C2)c1. The molecule has 0 bridgehead atoms. The molecule has 0 spiro atoms. The number of rotatable bonds is 7. The lowest BCUT2D eigenvalue weighted by Crippen LogP contribution is -2.40. The number of methoxy groups -OCH3 is 2. The summed E-state index contributed by atoms with van der Waals surface area (Å²) < 4.78 is 10.9. The number of hydrazone groups is 1. The van der Waals surface area contributed by atoms with Crippen molar-refractivity contribution in [3.63, 3.8) is 0 Å². The molecule has 2 amide bonds. The Morgan fingerprint density at radius 1 is 1.09 bits per heavy atom. The predicted molar refractivity (Wildman–Crippen MR) is 128 cm³/mol. The van der Waals surface area contributed by atoms with Crippen LogP contribution in [0.15, 0.2) is 53.6 Å². The van der Waals surface area contributed by atoms with Gasteiger partial charge in [0.15, 0.2) is 0 Å². The van der Waals surface area contributed by atoms with Crippen molar-refractivity contribution in [2.75, 3.05) is 27.8 Å². The Kier molecular flexibility index (Phi) is 7.41. The maximum atomic E-state index is 13.4. The van der Waals surface area contributed by atoms with E-state index in [0.29, 0.717) is 18.6 Å². The second-order valence-electron chi connectivity index (χ2n) is 9.47. The van der Waals surface area contributed by atoms with Crippen LogP contribution in [0.1, 0.15) is 50.8 Å². The molecule has 7 nitrogen and oxygen atoms in total. The van der Waals surface area contributed by atoms with Crippen LogP contribution in [0.4, 0.5) is 0 Å². The highest BCUT2D eigenvalue weighted by molar-refractivity contribution is 6.03. The van der Waals surface area contributed by atoms with Crippen molar-refractivity contribution >= 4 is 17.5 Å². The normalized spacial score (nSPS) is 15.8. The lowest BCUT2D eigenvalue weighted by atomic mass is 9.92. The van der Waals surface area contributed by atoms with Crippen molar-refractivity contribution < 1.29 is 19.1 Å². The molecular formula is C26H33N3O4. The lowest BCUT2D eigenvalue weighted by molar-refractivity contribution is -0.141. The van der Waals surface area contributed by atoms with Gasteiger partial charge in [-0.25, -0.2) is 5.01 Å². The highest BCUT2D eigenvalue weighted by atomic mass is 16.5. The van der Waals surface area contributed by atoms with Crippen molar-refractivity contribution in [2.45, 2.75) is 39.7 Å². The van der Waals surface area contributed by atoms with Crippen LogP contribution in [0, 0.1) is 5.41 Å². The second-order valence-corrected chi connectivity index (χ2v) is 9.47. The molecule has 0 unspecified atom stereocenters. The number of hydrogen-bond donors (Lipinski definition) is 0. The van der Waals surface area contributed by atoms with E-state index >= 15 is 0 Å². The molecule has 0 fully saturated rings. The molecule has 1 aliphatic heterocycles. The minimum Gasteiger partial charge on any atom is -0.497 e. The van der Waals surface area contributed by atoms with Gasteiger partial charge >= 0.3 is 0 Å². The zero-order valence-electron chi connectivity index (χ0n) is 20.3. The minimum absolute atomic E-state index is 0.0462. The first kappa shape index (κ1) is 24.3. The van der Waals surface area contributed by atoms with Gasteiger partial charge in [0.2, 0.25) is 5.91 Å². The Morgan fingerprint density at radius 2 is 1.82 bits per heavy atom. The molecule has 0 saturated heterocycles. The maximum absolute atomic E-state index is 13.4. The quantitative estimate of drug-likeness (QED) is 0.630. The summed E-state index contributed by atoms with van der Waals surface area (Å²) in [5, 5.41) is 6.20. The smallest absolute Gasteiger partial charge is 0.262 e. The third-order valence-electron chi connectivity index (χ3n) is 5.55. The van der Waals surface area contributed by atoms with E-state index in [4.69, 9.17) is 14.6 Å². The van der Waals surface area contributed by atoms with Gasteiger partial charge in [0, 0.05) is 31.0 Å². The van der Waals surface area contributed by atoms with Crippen LogP contribution < -0.4 is 9.47 Å². The van der Waals surface area contributed by atoms with Crippen molar-refractivity contribution in [3.05, 3.63) is 59.7 Å². The number of likely N-dealkylation sites (N-methyl/N-ethyl adjacent to an activating group) is 1. The highest BCUT2D eigenvalue weighted by Gasteiger charge is 2.35. The summed E-state index contributed by atoms with van der Waals surface area (Å²) >= 11 is 0. The average Bonchev–Trinajstić information content (AvgIpc) is 3.23. The summed E-state index contributed by atoms with van der Waals surface area (Å²) in [6.45, 7) is 5.96. The van der Waals surface area contributed by atoms with Gasteiger partial charge in [-0.1, -0.05) is 51.1 Å². The molecule has 0 aromatic heterocycles. The van der Waals surface area contributed by atoms with E-state index in [1.165, 1.54) is 9.91 Å². The third-order valence-corrected chi connectivity index (χ3v) is 5.55. The fourth-order valence-electron chi connectivity index (χ4n) is 3.85. The van der Waals surface area contributed by atoms with Crippen molar-refractivity contribution in [1.82, 2.24) is 9.91 Å². The molecule has 1 aliphatic rings. The van der Waals surface area contributed by atoms with Crippen molar-refractivity contribution in [2.24, 2.45) is 10.5 Å². The molecule has 33 heavy (non-hydrogen) atoms. The van der Waals surface area contributed by atoms with E-state index in [1.807, 2.05) is 69.3 Å².